The molecule has 1 unspecified atom stereocenters. The van der Waals surface area contributed by atoms with E-state index in [-0.39, 0.29) is 11.4 Å². The van der Waals surface area contributed by atoms with Crippen LogP contribution < -0.4 is 9.74 Å². The zero-order valence-electron chi connectivity index (χ0n) is 25.6. The number of aromatic nitrogens is 4. The molecule has 0 saturated carbocycles. The molecule has 2 aromatic heterocycles. The predicted molar refractivity (Wildman–Crippen MR) is 168 cm³/mol. The van der Waals surface area contributed by atoms with Gasteiger partial charge in [0.15, 0.2) is 0 Å². The molecule has 0 bridgehead atoms. The van der Waals surface area contributed by atoms with E-state index in [0.29, 0.717) is 33.0 Å². The second-order valence-corrected chi connectivity index (χ2v) is 17.1. The molecule has 0 spiro atoms. The van der Waals surface area contributed by atoms with Gasteiger partial charge in [0.05, 0.1) is 38.1 Å². The second-order valence-electron chi connectivity index (χ2n) is 12.4. The van der Waals surface area contributed by atoms with Gasteiger partial charge in [0.1, 0.15) is 11.4 Å². The summed E-state index contributed by atoms with van der Waals surface area (Å²) in [5, 5.41) is 14.1. The average molecular weight is 592 g/mol. The number of unbranched alkanes of at least 4 members (excludes halogenated alkanes) is 1. The molecule has 226 valence electrons. The van der Waals surface area contributed by atoms with E-state index in [9.17, 15) is 0 Å². The lowest BCUT2D eigenvalue weighted by Crippen LogP contribution is -2.43. The largest absolute Gasteiger partial charge is 0.543 e. The van der Waals surface area contributed by atoms with Crippen LogP contribution >= 0.6 is 0 Å². The molecule has 2 aromatic carbocycles. The number of nitrogens with zero attached hydrogens (tertiary/aromatic N) is 4. The van der Waals surface area contributed by atoms with Crippen LogP contribution in [0, 0.1) is 0 Å². The normalized spacial score (nSPS) is 16.0. The molecule has 42 heavy (non-hydrogen) atoms. The molecule has 4 aromatic rings. The van der Waals surface area contributed by atoms with Gasteiger partial charge in [-0.3, -0.25) is 10.00 Å². The highest BCUT2D eigenvalue weighted by Crippen LogP contribution is 2.39. The van der Waals surface area contributed by atoms with Crippen molar-refractivity contribution in [1.29, 1.82) is 0 Å². The van der Waals surface area contributed by atoms with Crippen LogP contribution in [0.25, 0.3) is 22.2 Å². The molecule has 0 radical (unpaired) electrons. The van der Waals surface area contributed by atoms with Gasteiger partial charge in [-0.25, -0.2) is 4.68 Å². The Morgan fingerprint density at radius 3 is 2.55 bits per heavy atom. The summed E-state index contributed by atoms with van der Waals surface area (Å²) in [5.74, 6) is 0.876. The van der Waals surface area contributed by atoms with E-state index in [1.165, 1.54) is 5.56 Å². The lowest BCUT2D eigenvalue weighted by atomic mass is 10.1. The molecule has 1 N–H and O–H groups in total. The Kier molecular flexibility index (Phi) is 9.80. The maximum absolute atomic E-state index is 6.64. The van der Waals surface area contributed by atoms with Crippen LogP contribution in [0.2, 0.25) is 18.1 Å². The van der Waals surface area contributed by atoms with Gasteiger partial charge in [0.25, 0.3) is 0 Å². The monoisotopic (exact) mass is 591 g/mol. The maximum Gasteiger partial charge on any atom is 0.250 e. The van der Waals surface area contributed by atoms with Gasteiger partial charge >= 0.3 is 0 Å². The summed E-state index contributed by atoms with van der Waals surface area (Å²) >= 11 is 0. The molecule has 0 amide bonds. The molecular weight excluding hydrogens is 546 g/mol. The topological polar surface area (TPSA) is 84.6 Å². The van der Waals surface area contributed by atoms with Crippen LogP contribution in [-0.4, -0.2) is 60.9 Å². The average Bonchev–Trinajstić information content (AvgIpc) is 3.72. The van der Waals surface area contributed by atoms with E-state index in [0.717, 1.165) is 53.9 Å². The van der Waals surface area contributed by atoms with Gasteiger partial charge in [-0.15, -0.1) is 0 Å². The van der Waals surface area contributed by atoms with Crippen LogP contribution in [0.1, 0.15) is 45.5 Å². The summed E-state index contributed by atoms with van der Waals surface area (Å²) in [4.78, 5) is 0. The van der Waals surface area contributed by atoms with E-state index in [1.807, 2.05) is 40.0 Å². The molecule has 1 aliphatic heterocycles. The first-order valence-electron chi connectivity index (χ1n) is 15.0. The minimum atomic E-state index is -1.99. The van der Waals surface area contributed by atoms with Crippen LogP contribution in [0.15, 0.2) is 60.9 Å². The molecule has 3 heterocycles. The van der Waals surface area contributed by atoms with Crippen LogP contribution in [-0.2, 0) is 27.4 Å². The zero-order chi connectivity index (χ0) is 29.6. The van der Waals surface area contributed by atoms with E-state index in [4.69, 9.17) is 23.7 Å². The van der Waals surface area contributed by atoms with Gasteiger partial charge in [-0.05, 0) is 54.7 Å². The van der Waals surface area contributed by atoms with E-state index < -0.39 is 8.32 Å². The Hall–Kier alpha value is -3.02. The number of nitrogens with one attached hydrogen (secondary N) is 1. The molecule has 10 heteroatoms. The third-order valence-electron chi connectivity index (χ3n) is 8.09. The minimum absolute atomic E-state index is 0.107. The minimum Gasteiger partial charge on any atom is -0.543 e. The number of hydrogen-bond acceptors (Lipinski definition) is 7. The Morgan fingerprint density at radius 1 is 1.02 bits per heavy atom. The first-order chi connectivity index (χ1) is 20.2. The van der Waals surface area contributed by atoms with E-state index >= 15 is 0 Å². The Bertz CT molecular complexity index is 1420. The number of hydrogen-bond donors (Lipinski definition) is 1. The van der Waals surface area contributed by atoms with Gasteiger partial charge in [-0.1, -0.05) is 51.1 Å². The Morgan fingerprint density at radius 2 is 1.81 bits per heavy atom. The third kappa shape index (κ3) is 7.48. The fourth-order valence-electron chi connectivity index (χ4n) is 4.63. The first-order valence-corrected chi connectivity index (χ1v) is 17.9. The van der Waals surface area contributed by atoms with Crippen molar-refractivity contribution in [2.75, 3.05) is 33.0 Å². The van der Waals surface area contributed by atoms with Crippen LogP contribution in [0.5, 0.6) is 5.75 Å². The van der Waals surface area contributed by atoms with Crippen molar-refractivity contribution in [2.45, 2.75) is 71.2 Å². The summed E-state index contributed by atoms with van der Waals surface area (Å²) in [6, 6.07) is 16.5. The maximum atomic E-state index is 6.64. The summed E-state index contributed by atoms with van der Waals surface area (Å²) in [6.07, 6.45) is 5.58. The standard InChI is InChI=1S/C32H45N5O4Si/c1-32(2,3)42(4,5)41-27-13-14-29-28(21-27)30(35-37(29)31-33-15-19-40-31)26-22-34-36(23-26)16-20-38-17-9-10-18-39-24-25-11-7-6-8-12-25/h6-8,11-14,21-23,31,33H,9-10,15-20,24H2,1-5H3. The molecule has 1 fully saturated rings. The summed E-state index contributed by atoms with van der Waals surface area (Å²) < 4.78 is 28.0. The fourth-order valence-corrected chi connectivity index (χ4v) is 5.66. The summed E-state index contributed by atoms with van der Waals surface area (Å²) in [6.45, 7) is 16.1. The molecule has 9 nitrogen and oxygen atoms in total. The number of rotatable bonds is 14. The van der Waals surface area contributed by atoms with Gasteiger partial charge in [-0.2, -0.15) is 10.2 Å². The Labute approximate surface area is 250 Å². The van der Waals surface area contributed by atoms with Crippen molar-refractivity contribution in [3.8, 4) is 17.0 Å². The van der Waals surface area contributed by atoms with Crippen molar-refractivity contribution in [3.63, 3.8) is 0 Å². The quantitative estimate of drug-likeness (QED) is 0.135. The van der Waals surface area contributed by atoms with Gasteiger partial charge < -0.3 is 18.6 Å². The van der Waals surface area contributed by atoms with Crippen molar-refractivity contribution in [1.82, 2.24) is 24.9 Å². The highest BCUT2D eigenvalue weighted by Gasteiger charge is 2.39. The highest BCUT2D eigenvalue weighted by atomic mass is 28.4. The van der Waals surface area contributed by atoms with E-state index in [2.05, 4.69) is 74.6 Å². The van der Waals surface area contributed by atoms with Gasteiger partial charge in [0, 0.05) is 36.9 Å². The summed E-state index contributed by atoms with van der Waals surface area (Å²) in [7, 11) is -1.99. The SMILES string of the molecule is CC(C)(C)[Si](C)(C)Oc1ccc2c(c1)c(-c1cnn(CCOCCCCOCc3ccccc3)c1)nn2C1NCCO1. The van der Waals surface area contributed by atoms with Crippen molar-refractivity contribution >= 4 is 19.2 Å². The lowest BCUT2D eigenvalue weighted by Gasteiger charge is -2.36. The fraction of sp³-hybridized carbons (Fsp3) is 0.500. The lowest BCUT2D eigenvalue weighted by molar-refractivity contribution is 0.0382. The second kappa shape index (κ2) is 13.5. The molecular formula is C32H45N5O4Si. The molecule has 0 aliphatic carbocycles. The Balaban J connectivity index is 1.18. The number of benzene rings is 2. The number of fused-ring (bicyclic) bond motifs is 1. The predicted octanol–water partition coefficient (Wildman–Crippen LogP) is 6.37. The van der Waals surface area contributed by atoms with Crippen LogP contribution in [0.4, 0.5) is 0 Å². The van der Waals surface area contributed by atoms with Crippen molar-refractivity contribution < 1.29 is 18.6 Å². The summed E-state index contributed by atoms with van der Waals surface area (Å²) in [5.41, 5.74) is 4.02. The molecule has 5 rings (SSSR count). The van der Waals surface area contributed by atoms with E-state index in [1.54, 1.807) is 0 Å². The van der Waals surface area contributed by atoms with Crippen molar-refractivity contribution in [3.05, 3.63) is 66.5 Å². The molecule has 1 saturated heterocycles. The highest BCUT2D eigenvalue weighted by molar-refractivity contribution is 6.74. The van der Waals surface area contributed by atoms with Crippen LogP contribution in [0.3, 0.4) is 0 Å². The zero-order valence-corrected chi connectivity index (χ0v) is 26.6. The first kappa shape index (κ1) is 30.4. The smallest absolute Gasteiger partial charge is 0.250 e. The molecule has 1 atom stereocenters. The third-order valence-corrected chi connectivity index (χ3v) is 12.4. The van der Waals surface area contributed by atoms with Gasteiger partial charge in [0.2, 0.25) is 14.7 Å². The number of ether oxygens (including phenoxy) is 3. The van der Waals surface area contributed by atoms with Crippen molar-refractivity contribution in [2.24, 2.45) is 0 Å². The molecule has 1 aliphatic rings.